The number of aliphatic imine (C=N–C) groups is 1. The van der Waals surface area contributed by atoms with Crippen LogP contribution in [0.25, 0.3) is 0 Å². The van der Waals surface area contributed by atoms with Crippen LogP contribution in [0.15, 0.2) is 29.4 Å². The van der Waals surface area contributed by atoms with Gasteiger partial charge in [0.05, 0.1) is 6.54 Å². The molecule has 24 heavy (non-hydrogen) atoms. The van der Waals surface area contributed by atoms with Crippen LogP contribution in [0, 0.1) is 5.92 Å². The van der Waals surface area contributed by atoms with E-state index >= 15 is 0 Å². The summed E-state index contributed by atoms with van der Waals surface area (Å²) in [5, 5.41) is 3.20. The predicted octanol–water partition coefficient (Wildman–Crippen LogP) is 2.66. The van der Waals surface area contributed by atoms with Gasteiger partial charge >= 0.3 is 0 Å². The number of hydrogen-bond acceptors (Lipinski definition) is 3. The minimum atomic E-state index is 0. The lowest BCUT2D eigenvalue weighted by molar-refractivity contribution is 0.218. The number of hydrogen-bond donors (Lipinski definition) is 2. The summed E-state index contributed by atoms with van der Waals surface area (Å²) in [6.07, 6.45) is 6.49. The molecule has 3 N–H and O–H groups in total. The zero-order chi connectivity index (χ0) is 16.5. The topological polar surface area (TPSA) is 66.5 Å². The first kappa shape index (κ1) is 21.2. The summed E-state index contributed by atoms with van der Waals surface area (Å²) < 4.78 is 0. The first-order chi connectivity index (χ1) is 11.1. The first-order valence-corrected chi connectivity index (χ1v) is 8.83. The number of nitrogens with zero attached hydrogens (tertiary/aromatic N) is 3. The molecule has 0 aromatic carbocycles. The molecule has 0 amide bonds. The molecule has 1 fully saturated rings. The van der Waals surface area contributed by atoms with E-state index in [1.807, 2.05) is 24.4 Å². The SMILES string of the molecule is CC(C)CC(CN=C(N)NCCc1ccccn1)N1CCCC1.I. The maximum absolute atomic E-state index is 6.02. The molecule has 1 aliphatic heterocycles. The van der Waals surface area contributed by atoms with E-state index in [0.717, 1.165) is 25.2 Å². The zero-order valence-electron chi connectivity index (χ0n) is 14.9. The second-order valence-corrected chi connectivity index (χ2v) is 6.75. The molecule has 0 aliphatic carbocycles. The maximum Gasteiger partial charge on any atom is 0.188 e. The Balaban J connectivity index is 0.00000288. The Morgan fingerprint density at radius 2 is 2.08 bits per heavy atom. The average molecular weight is 445 g/mol. The standard InChI is InChI=1S/C18H31N5.HI/c1-15(2)13-17(23-11-5-6-12-23)14-22-18(19)21-10-8-16-7-3-4-9-20-16;/h3-4,7,9,15,17H,5-6,8,10-14H2,1-2H3,(H3,19,21,22);1H. The lowest BCUT2D eigenvalue weighted by Gasteiger charge is -2.27. The highest BCUT2D eigenvalue weighted by Gasteiger charge is 2.22. The van der Waals surface area contributed by atoms with E-state index in [2.05, 4.69) is 34.0 Å². The van der Waals surface area contributed by atoms with E-state index < -0.39 is 0 Å². The minimum Gasteiger partial charge on any atom is -0.370 e. The number of rotatable bonds is 8. The molecule has 0 radical (unpaired) electrons. The largest absolute Gasteiger partial charge is 0.370 e. The molecule has 1 atom stereocenters. The van der Waals surface area contributed by atoms with Crippen molar-refractivity contribution in [3.8, 4) is 0 Å². The van der Waals surface area contributed by atoms with Gasteiger partial charge in [0.15, 0.2) is 5.96 Å². The second-order valence-electron chi connectivity index (χ2n) is 6.75. The number of nitrogens with two attached hydrogens (primary N) is 1. The van der Waals surface area contributed by atoms with Gasteiger partial charge in [-0.15, -0.1) is 24.0 Å². The van der Waals surface area contributed by atoms with Crippen molar-refractivity contribution in [1.82, 2.24) is 15.2 Å². The van der Waals surface area contributed by atoms with Crippen LogP contribution in [0.4, 0.5) is 0 Å². The Labute approximate surface area is 163 Å². The smallest absolute Gasteiger partial charge is 0.188 e. The summed E-state index contributed by atoms with van der Waals surface area (Å²) in [6.45, 7) is 8.54. The van der Waals surface area contributed by atoms with Crippen molar-refractivity contribution >= 4 is 29.9 Å². The summed E-state index contributed by atoms with van der Waals surface area (Å²) in [5.41, 5.74) is 7.09. The van der Waals surface area contributed by atoms with Crippen LogP contribution < -0.4 is 11.1 Å². The minimum absolute atomic E-state index is 0. The summed E-state index contributed by atoms with van der Waals surface area (Å²) >= 11 is 0. The van der Waals surface area contributed by atoms with Crippen molar-refractivity contribution < 1.29 is 0 Å². The molecule has 2 heterocycles. The molecule has 1 aromatic rings. The molecule has 1 aliphatic rings. The van der Waals surface area contributed by atoms with Crippen LogP contribution in [-0.4, -0.2) is 48.1 Å². The van der Waals surface area contributed by atoms with Gasteiger partial charge in [0.1, 0.15) is 0 Å². The Hall–Kier alpha value is -0.890. The van der Waals surface area contributed by atoms with E-state index in [0.29, 0.717) is 17.9 Å². The van der Waals surface area contributed by atoms with E-state index in [4.69, 9.17) is 5.73 Å². The van der Waals surface area contributed by atoms with Gasteiger partial charge in [0.2, 0.25) is 0 Å². The van der Waals surface area contributed by atoms with Crippen LogP contribution in [0.2, 0.25) is 0 Å². The van der Waals surface area contributed by atoms with E-state index in [-0.39, 0.29) is 24.0 Å². The summed E-state index contributed by atoms with van der Waals surface area (Å²) in [7, 11) is 0. The van der Waals surface area contributed by atoms with Crippen LogP contribution in [0.5, 0.6) is 0 Å². The van der Waals surface area contributed by atoms with Gasteiger partial charge in [-0.2, -0.15) is 0 Å². The fourth-order valence-electron chi connectivity index (χ4n) is 3.11. The number of likely N-dealkylation sites (tertiary alicyclic amines) is 1. The van der Waals surface area contributed by atoms with Crippen LogP contribution >= 0.6 is 24.0 Å². The van der Waals surface area contributed by atoms with Crippen LogP contribution in [0.1, 0.15) is 38.8 Å². The summed E-state index contributed by atoms with van der Waals surface area (Å²) in [5.74, 6) is 1.24. The summed E-state index contributed by atoms with van der Waals surface area (Å²) in [4.78, 5) is 11.5. The number of aromatic nitrogens is 1. The predicted molar refractivity (Wildman–Crippen MR) is 112 cm³/mol. The molecule has 2 rings (SSSR count). The Kier molecular flexibility index (Phi) is 10.2. The normalized spacial score (nSPS) is 16.9. The fourth-order valence-corrected chi connectivity index (χ4v) is 3.11. The molecule has 5 nitrogen and oxygen atoms in total. The van der Waals surface area contributed by atoms with E-state index in [9.17, 15) is 0 Å². The molecule has 0 saturated carbocycles. The number of pyridine rings is 1. The van der Waals surface area contributed by atoms with Crippen molar-refractivity contribution in [2.75, 3.05) is 26.2 Å². The third-order valence-corrected chi connectivity index (χ3v) is 4.29. The molecule has 6 heteroatoms. The van der Waals surface area contributed by atoms with Gasteiger partial charge in [-0.1, -0.05) is 19.9 Å². The molecular formula is C18H32IN5. The van der Waals surface area contributed by atoms with Gasteiger partial charge in [0.25, 0.3) is 0 Å². The van der Waals surface area contributed by atoms with Gasteiger partial charge in [-0.05, 0) is 50.4 Å². The highest BCUT2D eigenvalue weighted by molar-refractivity contribution is 14.0. The third-order valence-electron chi connectivity index (χ3n) is 4.29. The Morgan fingerprint density at radius 3 is 2.71 bits per heavy atom. The molecule has 136 valence electrons. The highest BCUT2D eigenvalue weighted by atomic mass is 127. The Bertz CT molecular complexity index is 472. The van der Waals surface area contributed by atoms with Gasteiger partial charge in [-0.3, -0.25) is 14.9 Å². The van der Waals surface area contributed by atoms with Crippen molar-refractivity contribution in [3.63, 3.8) is 0 Å². The molecule has 0 spiro atoms. The van der Waals surface area contributed by atoms with Crippen molar-refractivity contribution in [3.05, 3.63) is 30.1 Å². The van der Waals surface area contributed by atoms with E-state index in [1.165, 1.54) is 32.4 Å². The van der Waals surface area contributed by atoms with Gasteiger partial charge in [-0.25, -0.2) is 0 Å². The van der Waals surface area contributed by atoms with Gasteiger partial charge < -0.3 is 11.1 Å². The molecule has 1 unspecified atom stereocenters. The third kappa shape index (κ3) is 7.79. The highest BCUT2D eigenvalue weighted by Crippen LogP contribution is 2.18. The molecule has 1 aromatic heterocycles. The Morgan fingerprint density at radius 1 is 1.33 bits per heavy atom. The number of nitrogens with one attached hydrogen (secondary N) is 1. The number of halogens is 1. The first-order valence-electron chi connectivity index (χ1n) is 8.83. The summed E-state index contributed by atoms with van der Waals surface area (Å²) in [6, 6.07) is 6.49. The lowest BCUT2D eigenvalue weighted by atomic mass is 10.0. The van der Waals surface area contributed by atoms with Crippen LogP contribution in [0.3, 0.4) is 0 Å². The number of guanidine groups is 1. The van der Waals surface area contributed by atoms with Crippen molar-refractivity contribution in [2.45, 2.75) is 45.6 Å². The monoisotopic (exact) mass is 445 g/mol. The molecule has 1 saturated heterocycles. The molecular weight excluding hydrogens is 413 g/mol. The second kappa shape index (κ2) is 11.6. The van der Waals surface area contributed by atoms with Crippen LogP contribution in [-0.2, 0) is 6.42 Å². The van der Waals surface area contributed by atoms with Crippen molar-refractivity contribution in [1.29, 1.82) is 0 Å². The van der Waals surface area contributed by atoms with E-state index in [1.54, 1.807) is 0 Å². The van der Waals surface area contributed by atoms with Crippen molar-refractivity contribution in [2.24, 2.45) is 16.6 Å². The lowest BCUT2D eigenvalue weighted by Crippen LogP contribution is -2.39. The quantitative estimate of drug-likeness (QED) is 0.367. The average Bonchev–Trinajstić information content (AvgIpc) is 3.06. The molecule has 0 bridgehead atoms. The zero-order valence-corrected chi connectivity index (χ0v) is 17.3. The fraction of sp³-hybridized carbons (Fsp3) is 0.667. The maximum atomic E-state index is 6.02. The van der Waals surface area contributed by atoms with Gasteiger partial charge in [0, 0.05) is 30.9 Å².